The maximum Gasteiger partial charge on any atom is 0.205 e. The van der Waals surface area contributed by atoms with Crippen molar-refractivity contribution >= 4 is 22.8 Å². The summed E-state index contributed by atoms with van der Waals surface area (Å²) >= 11 is 0. The zero-order valence-corrected chi connectivity index (χ0v) is 13.5. The molecule has 6 heteroatoms. The highest BCUT2D eigenvalue weighted by atomic mass is 19.1. The van der Waals surface area contributed by atoms with E-state index in [1.807, 2.05) is 12.1 Å². The number of benzene rings is 2. The predicted octanol–water partition coefficient (Wildman–Crippen LogP) is 4.00. The molecule has 0 atom stereocenters. The van der Waals surface area contributed by atoms with Crippen molar-refractivity contribution in [1.29, 1.82) is 10.5 Å². The Hall–Kier alpha value is -3.90. The van der Waals surface area contributed by atoms with Crippen molar-refractivity contribution in [2.75, 3.05) is 6.61 Å². The van der Waals surface area contributed by atoms with Gasteiger partial charge in [0.2, 0.25) is 5.78 Å². The topological polar surface area (TPSA) is 89.7 Å². The minimum absolute atomic E-state index is 0.0942. The lowest BCUT2D eigenvalue weighted by Crippen LogP contribution is -2.02. The van der Waals surface area contributed by atoms with Gasteiger partial charge in [-0.15, -0.1) is 0 Å². The number of nitrogens with one attached hydrogen (secondary N) is 1. The molecule has 1 heterocycles. The Morgan fingerprint density at radius 1 is 1.23 bits per heavy atom. The number of allylic oxidation sites excluding steroid dienone is 1. The van der Waals surface area contributed by atoms with Crippen molar-refractivity contribution in [3.63, 3.8) is 0 Å². The minimum atomic E-state index is -0.486. The maximum absolute atomic E-state index is 13.3. The summed E-state index contributed by atoms with van der Waals surface area (Å²) in [6, 6.07) is 14.6. The molecule has 1 N–H and O–H groups in total. The average Bonchev–Trinajstić information content (AvgIpc) is 3.07. The van der Waals surface area contributed by atoms with Crippen LogP contribution in [0.2, 0.25) is 0 Å². The van der Waals surface area contributed by atoms with Gasteiger partial charge in [0.05, 0.1) is 0 Å². The number of carbonyl (C=O) groups excluding carboxylic acids is 1. The maximum atomic E-state index is 13.3. The van der Waals surface area contributed by atoms with E-state index in [9.17, 15) is 14.4 Å². The van der Waals surface area contributed by atoms with E-state index in [0.717, 1.165) is 0 Å². The fourth-order valence-electron chi connectivity index (χ4n) is 2.58. The van der Waals surface area contributed by atoms with Crippen molar-refractivity contribution in [2.24, 2.45) is 0 Å². The molecule has 0 aliphatic heterocycles. The van der Waals surface area contributed by atoms with Gasteiger partial charge in [-0.3, -0.25) is 4.79 Å². The Labute approximate surface area is 148 Å². The number of nitriles is 2. The Balaban J connectivity index is 2.01. The number of halogens is 1. The summed E-state index contributed by atoms with van der Waals surface area (Å²) in [6.07, 6.45) is 2.87. The monoisotopic (exact) mass is 345 g/mol. The van der Waals surface area contributed by atoms with Crippen molar-refractivity contribution in [3.05, 3.63) is 71.2 Å². The van der Waals surface area contributed by atoms with Crippen molar-refractivity contribution < 1.29 is 13.9 Å². The molecule has 0 amide bonds. The van der Waals surface area contributed by atoms with Gasteiger partial charge in [-0.1, -0.05) is 18.2 Å². The number of hydrogen-bond donors (Lipinski definition) is 1. The molecule has 0 spiro atoms. The fraction of sp³-hybridized carbons (Fsp3) is 0.0500. The van der Waals surface area contributed by atoms with Gasteiger partial charge in [0.25, 0.3) is 0 Å². The quantitative estimate of drug-likeness (QED) is 0.430. The molecule has 0 saturated heterocycles. The number of aromatic nitrogens is 1. The summed E-state index contributed by atoms with van der Waals surface area (Å²) in [7, 11) is 0. The first-order valence-corrected chi connectivity index (χ1v) is 7.66. The van der Waals surface area contributed by atoms with Crippen LogP contribution in [0, 0.1) is 28.5 Å². The van der Waals surface area contributed by atoms with E-state index >= 15 is 0 Å². The number of carbonyl (C=O) groups is 1. The van der Waals surface area contributed by atoms with Crippen LogP contribution in [0.1, 0.15) is 15.9 Å². The van der Waals surface area contributed by atoms with Gasteiger partial charge in [0, 0.05) is 28.2 Å². The number of hydrogen-bond acceptors (Lipinski definition) is 4. The first-order chi connectivity index (χ1) is 12.6. The number of Topliss-reactive ketones (excluding diaryl/α,β-unsaturated/α-hetero) is 1. The van der Waals surface area contributed by atoms with Crippen molar-refractivity contribution in [1.82, 2.24) is 4.98 Å². The second kappa shape index (κ2) is 7.33. The number of para-hydroxylation sites is 1. The molecule has 0 saturated carbocycles. The molecule has 0 bridgehead atoms. The normalized spacial score (nSPS) is 11.0. The Kier molecular flexibility index (Phi) is 4.78. The Morgan fingerprint density at radius 3 is 2.81 bits per heavy atom. The van der Waals surface area contributed by atoms with E-state index in [2.05, 4.69) is 4.98 Å². The van der Waals surface area contributed by atoms with Crippen LogP contribution < -0.4 is 4.74 Å². The molecule has 3 rings (SSSR count). The first kappa shape index (κ1) is 16.9. The molecule has 0 unspecified atom stereocenters. The predicted molar refractivity (Wildman–Crippen MR) is 93.7 cm³/mol. The van der Waals surface area contributed by atoms with E-state index in [4.69, 9.17) is 10.00 Å². The molecular weight excluding hydrogens is 333 g/mol. The van der Waals surface area contributed by atoms with E-state index in [-0.39, 0.29) is 17.7 Å². The lowest BCUT2D eigenvalue weighted by molar-refractivity contribution is 0.104. The third kappa shape index (κ3) is 3.31. The smallest absolute Gasteiger partial charge is 0.205 e. The summed E-state index contributed by atoms with van der Waals surface area (Å²) in [4.78, 5) is 15.6. The molecular formula is C20H12FN3O2. The Morgan fingerprint density at radius 2 is 2.04 bits per heavy atom. The van der Waals surface area contributed by atoms with Gasteiger partial charge >= 0.3 is 0 Å². The number of aromatic amines is 1. The van der Waals surface area contributed by atoms with Gasteiger partial charge < -0.3 is 9.72 Å². The van der Waals surface area contributed by atoms with Crippen LogP contribution in [-0.4, -0.2) is 17.4 Å². The molecule has 2 aromatic carbocycles. The average molecular weight is 345 g/mol. The van der Waals surface area contributed by atoms with E-state index < -0.39 is 11.6 Å². The number of ketones is 1. The highest BCUT2D eigenvalue weighted by Crippen LogP contribution is 2.25. The molecule has 0 aliphatic rings. The highest BCUT2D eigenvalue weighted by molar-refractivity contribution is 6.19. The van der Waals surface area contributed by atoms with Crippen molar-refractivity contribution in [3.8, 4) is 17.9 Å². The lowest BCUT2D eigenvalue weighted by Gasteiger charge is -2.06. The second-order valence-electron chi connectivity index (χ2n) is 5.38. The molecule has 3 aromatic rings. The number of ether oxygens (including phenoxy) is 1. The summed E-state index contributed by atoms with van der Waals surface area (Å²) in [6.45, 7) is -0.144. The highest BCUT2D eigenvalue weighted by Gasteiger charge is 2.17. The summed E-state index contributed by atoms with van der Waals surface area (Å²) in [5.74, 6) is -0.506. The van der Waals surface area contributed by atoms with Crippen LogP contribution >= 0.6 is 0 Å². The van der Waals surface area contributed by atoms with Crippen LogP contribution in [0.5, 0.6) is 5.75 Å². The molecule has 0 aliphatic carbocycles. The van der Waals surface area contributed by atoms with Crippen molar-refractivity contribution in [2.45, 2.75) is 0 Å². The summed E-state index contributed by atoms with van der Waals surface area (Å²) < 4.78 is 18.6. The molecule has 1 aromatic heterocycles. The largest absolute Gasteiger partial charge is 0.478 e. The van der Waals surface area contributed by atoms with Gasteiger partial charge in [-0.05, 0) is 30.3 Å². The SMILES string of the molecule is N#CCOc1ccccc1/C=C(\C#N)C(=O)c1c[nH]c2cc(F)ccc12. The third-order valence-electron chi connectivity index (χ3n) is 3.76. The standard InChI is InChI=1S/C20H12FN3O2/c21-15-5-6-16-17(12-24-18(16)10-15)20(25)14(11-23)9-13-3-1-2-4-19(13)26-8-7-22/h1-6,9-10,12,24H,8H2/b14-9+. The van der Waals surface area contributed by atoms with E-state index in [1.54, 1.807) is 24.3 Å². The first-order valence-electron chi connectivity index (χ1n) is 7.66. The third-order valence-corrected chi connectivity index (χ3v) is 3.76. The number of rotatable bonds is 5. The molecule has 26 heavy (non-hydrogen) atoms. The zero-order chi connectivity index (χ0) is 18.5. The Bertz CT molecular complexity index is 1100. The summed E-state index contributed by atoms with van der Waals surface area (Å²) in [5.41, 5.74) is 1.17. The van der Waals surface area contributed by atoms with Crippen LogP contribution in [0.25, 0.3) is 17.0 Å². The van der Waals surface area contributed by atoms with E-state index in [1.165, 1.54) is 30.5 Å². The number of H-pyrrole nitrogens is 1. The van der Waals surface area contributed by atoms with Crippen LogP contribution in [0.4, 0.5) is 4.39 Å². The van der Waals surface area contributed by atoms with Gasteiger partial charge in [-0.2, -0.15) is 10.5 Å². The van der Waals surface area contributed by atoms with Crippen LogP contribution in [-0.2, 0) is 0 Å². The zero-order valence-electron chi connectivity index (χ0n) is 13.5. The van der Waals surface area contributed by atoms with E-state index in [0.29, 0.717) is 22.2 Å². The molecule has 5 nitrogen and oxygen atoms in total. The van der Waals surface area contributed by atoms with Crippen LogP contribution in [0.3, 0.4) is 0 Å². The molecule has 126 valence electrons. The summed E-state index contributed by atoms with van der Waals surface area (Å²) in [5, 5.41) is 18.6. The second-order valence-corrected chi connectivity index (χ2v) is 5.38. The fourth-order valence-corrected chi connectivity index (χ4v) is 2.58. The minimum Gasteiger partial charge on any atom is -0.478 e. The lowest BCUT2D eigenvalue weighted by atomic mass is 10.0. The number of nitrogens with zero attached hydrogens (tertiary/aromatic N) is 2. The van der Waals surface area contributed by atoms with Gasteiger partial charge in [0.15, 0.2) is 6.61 Å². The molecule has 0 fully saturated rings. The number of fused-ring (bicyclic) bond motifs is 1. The van der Waals surface area contributed by atoms with Gasteiger partial charge in [0.1, 0.15) is 29.3 Å². The van der Waals surface area contributed by atoms with Crippen LogP contribution in [0.15, 0.2) is 54.2 Å². The van der Waals surface area contributed by atoms with Gasteiger partial charge in [-0.25, -0.2) is 4.39 Å². The molecule has 0 radical (unpaired) electrons.